The Kier molecular flexibility index (Phi) is 7.59. The molecule has 0 aliphatic heterocycles. The van der Waals surface area contributed by atoms with Crippen LogP contribution in [-0.4, -0.2) is 37.4 Å². The molecule has 32 heavy (non-hydrogen) atoms. The monoisotopic (exact) mass is 453 g/mol. The van der Waals surface area contributed by atoms with Crippen LogP contribution in [0.5, 0.6) is 0 Å². The van der Waals surface area contributed by atoms with Crippen LogP contribution in [0.1, 0.15) is 40.3 Å². The van der Waals surface area contributed by atoms with Crippen LogP contribution in [0, 0.1) is 5.92 Å². The molecule has 168 valence electrons. The number of rotatable bonds is 8. The second-order valence-corrected chi connectivity index (χ2v) is 8.64. The molecule has 0 saturated carbocycles. The molecule has 0 fully saturated rings. The number of anilines is 2. The lowest BCUT2D eigenvalue weighted by Gasteiger charge is -2.27. The minimum atomic E-state index is -0.287. The second kappa shape index (κ2) is 10.4. The Labute approximate surface area is 193 Å². The summed E-state index contributed by atoms with van der Waals surface area (Å²) >= 11 is 6.16. The van der Waals surface area contributed by atoms with Crippen molar-refractivity contribution in [3.8, 4) is 0 Å². The normalized spacial score (nSPS) is 10.8. The average Bonchev–Trinajstić information content (AvgIpc) is 3.27. The molecule has 0 bridgehead atoms. The summed E-state index contributed by atoms with van der Waals surface area (Å²) in [6.07, 6.45) is 1.50. The molecule has 0 aliphatic rings. The summed E-state index contributed by atoms with van der Waals surface area (Å²) in [6.45, 7) is 5.08. The molecule has 0 aliphatic carbocycles. The van der Waals surface area contributed by atoms with E-state index >= 15 is 0 Å². The Bertz CT molecular complexity index is 1080. The Morgan fingerprint density at radius 3 is 2.44 bits per heavy atom. The fourth-order valence-corrected chi connectivity index (χ4v) is 3.71. The highest BCUT2D eigenvalue weighted by Crippen LogP contribution is 2.26. The Hall–Kier alpha value is -3.25. The van der Waals surface area contributed by atoms with Crippen molar-refractivity contribution >= 4 is 34.8 Å². The van der Waals surface area contributed by atoms with Gasteiger partial charge in [-0.05, 0) is 53.9 Å². The highest BCUT2D eigenvalue weighted by molar-refractivity contribution is 6.34. The lowest BCUT2D eigenvalue weighted by atomic mass is 10.1. The van der Waals surface area contributed by atoms with Gasteiger partial charge in [0.15, 0.2) is 5.76 Å². The lowest BCUT2D eigenvalue weighted by molar-refractivity contribution is 0.0690. The molecule has 3 rings (SSSR count). The van der Waals surface area contributed by atoms with Gasteiger partial charge in [0.05, 0.1) is 16.8 Å². The van der Waals surface area contributed by atoms with Crippen molar-refractivity contribution in [3.63, 3.8) is 0 Å². The summed E-state index contributed by atoms with van der Waals surface area (Å²) in [7, 11) is 3.89. The van der Waals surface area contributed by atoms with Gasteiger partial charge >= 0.3 is 0 Å². The van der Waals surface area contributed by atoms with Gasteiger partial charge in [0.1, 0.15) is 0 Å². The van der Waals surface area contributed by atoms with Gasteiger partial charge in [0.25, 0.3) is 11.8 Å². The van der Waals surface area contributed by atoms with Gasteiger partial charge in [-0.2, -0.15) is 0 Å². The highest BCUT2D eigenvalue weighted by Gasteiger charge is 2.21. The summed E-state index contributed by atoms with van der Waals surface area (Å²) < 4.78 is 5.34. The van der Waals surface area contributed by atoms with E-state index in [-0.39, 0.29) is 17.7 Å². The third-order valence-electron chi connectivity index (χ3n) is 4.90. The second-order valence-electron chi connectivity index (χ2n) is 8.23. The van der Waals surface area contributed by atoms with Crippen LogP contribution >= 0.6 is 11.6 Å². The van der Waals surface area contributed by atoms with Crippen LogP contribution in [0.2, 0.25) is 5.02 Å². The van der Waals surface area contributed by atoms with Crippen molar-refractivity contribution in [2.45, 2.75) is 20.4 Å². The van der Waals surface area contributed by atoms with E-state index < -0.39 is 0 Å². The molecule has 0 saturated heterocycles. The van der Waals surface area contributed by atoms with Crippen LogP contribution in [0.3, 0.4) is 0 Å². The number of carbonyl (C=O) groups excluding carboxylic acids is 2. The number of halogens is 1. The third kappa shape index (κ3) is 5.71. The molecule has 2 amide bonds. The van der Waals surface area contributed by atoms with Crippen molar-refractivity contribution in [2.24, 2.45) is 5.92 Å². The van der Waals surface area contributed by atoms with E-state index in [1.807, 2.05) is 37.2 Å². The SMILES string of the molecule is CC(C)CN(Cc1cc(NC(=O)c2ccccc2Cl)ccc1N(C)C)C(=O)c1ccco1. The van der Waals surface area contributed by atoms with Crippen molar-refractivity contribution in [3.05, 3.63) is 82.8 Å². The number of amides is 2. The molecule has 0 spiro atoms. The molecule has 0 radical (unpaired) electrons. The van der Waals surface area contributed by atoms with Crippen molar-refractivity contribution < 1.29 is 14.0 Å². The van der Waals surface area contributed by atoms with Crippen LogP contribution in [-0.2, 0) is 6.54 Å². The molecule has 3 aromatic rings. The number of hydrogen-bond donors (Lipinski definition) is 1. The van der Waals surface area contributed by atoms with Gasteiger partial charge in [0.2, 0.25) is 0 Å². The van der Waals surface area contributed by atoms with E-state index in [1.165, 1.54) is 6.26 Å². The first-order valence-corrected chi connectivity index (χ1v) is 10.8. The van der Waals surface area contributed by atoms with Gasteiger partial charge in [-0.3, -0.25) is 9.59 Å². The number of carbonyl (C=O) groups is 2. The Morgan fingerprint density at radius 2 is 1.81 bits per heavy atom. The molecule has 0 atom stereocenters. The smallest absolute Gasteiger partial charge is 0.289 e. The standard InChI is InChI=1S/C25H28ClN3O3/c1-17(2)15-29(25(31)23-10-7-13-32-23)16-18-14-19(11-12-22(18)28(3)4)27-24(30)20-8-5-6-9-21(20)26/h5-14,17H,15-16H2,1-4H3,(H,27,30). The summed E-state index contributed by atoms with van der Waals surface area (Å²) in [5, 5.41) is 3.30. The number of nitrogens with one attached hydrogen (secondary N) is 1. The first kappa shape index (κ1) is 23.4. The fourth-order valence-electron chi connectivity index (χ4n) is 3.49. The van der Waals surface area contributed by atoms with Crippen LogP contribution < -0.4 is 10.2 Å². The zero-order valence-electron chi connectivity index (χ0n) is 18.8. The van der Waals surface area contributed by atoms with E-state index in [0.29, 0.717) is 35.1 Å². The minimum absolute atomic E-state index is 0.168. The predicted molar refractivity (Wildman–Crippen MR) is 128 cm³/mol. The van der Waals surface area contributed by atoms with Crippen LogP contribution in [0.4, 0.5) is 11.4 Å². The first-order chi connectivity index (χ1) is 15.3. The summed E-state index contributed by atoms with van der Waals surface area (Å²) in [4.78, 5) is 29.5. The van der Waals surface area contributed by atoms with Crippen LogP contribution in [0.15, 0.2) is 65.3 Å². The maximum absolute atomic E-state index is 13.0. The maximum atomic E-state index is 13.0. The zero-order chi connectivity index (χ0) is 23.3. The molecular weight excluding hydrogens is 426 g/mol. The maximum Gasteiger partial charge on any atom is 0.289 e. The molecule has 1 aromatic heterocycles. The van der Waals surface area contributed by atoms with Crippen molar-refractivity contribution in [2.75, 3.05) is 30.9 Å². The van der Waals surface area contributed by atoms with Gasteiger partial charge in [-0.1, -0.05) is 37.6 Å². The number of furan rings is 1. The molecule has 7 heteroatoms. The van der Waals surface area contributed by atoms with Gasteiger partial charge in [0, 0.05) is 38.6 Å². The quantitative estimate of drug-likeness (QED) is 0.485. The van der Waals surface area contributed by atoms with E-state index in [2.05, 4.69) is 19.2 Å². The molecule has 0 unspecified atom stereocenters. The summed E-state index contributed by atoms with van der Waals surface area (Å²) in [5.74, 6) is 0.129. The lowest BCUT2D eigenvalue weighted by Crippen LogP contribution is -2.34. The number of benzene rings is 2. The molecule has 6 nitrogen and oxygen atoms in total. The van der Waals surface area contributed by atoms with Crippen molar-refractivity contribution in [1.82, 2.24) is 4.90 Å². The van der Waals surface area contributed by atoms with E-state index in [1.54, 1.807) is 41.3 Å². The van der Waals surface area contributed by atoms with Gasteiger partial charge < -0.3 is 19.5 Å². The summed E-state index contributed by atoms with van der Waals surface area (Å²) in [5.41, 5.74) is 2.90. The van der Waals surface area contributed by atoms with Crippen LogP contribution in [0.25, 0.3) is 0 Å². The number of nitrogens with zero attached hydrogens (tertiary/aromatic N) is 2. The molecule has 1 heterocycles. The minimum Gasteiger partial charge on any atom is -0.459 e. The van der Waals surface area contributed by atoms with E-state index in [0.717, 1.165) is 11.3 Å². The number of hydrogen-bond acceptors (Lipinski definition) is 4. The van der Waals surface area contributed by atoms with E-state index in [4.69, 9.17) is 16.0 Å². The first-order valence-electron chi connectivity index (χ1n) is 10.4. The molecular formula is C25H28ClN3O3. The topological polar surface area (TPSA) is 65.8 Å². The van der Waals surface area contributed by atoms with Crippen molar-refractivity contribution in [1.29, 1.82) is 0 Å². The Morgan fingerprint density at radius 1 is 1.06 bits per heavy atom. The largest absolute Gasteiger partial charge is 0.459 e. The highest BCUT2D eigenvalue weighted by atomic mass is 35.5. The molecule has 1 N–H and O–H groups in total. The predicted octanol–water partition coefficient (Wildman–Crippen LogP) is 5.55. The zero-order valence-corrected chi connectivity index (χ0v) is 19.5. The third-order valence-corrected chi connectivity index (χ3v) is 5.23. The Balaban J connectivity index is 1.90. The van der Waals surface area contributed by atoms with E-state index in [9.17, 15) is 9.59 Å². The fraction of sp³-hybridized carbons (Fsp3) is 0.280. The summed E-state index contributed by atoms with van der Waals surface area (Å²) in [6, 6.07) is 16.0. The molecule has 2 aromatic carbocycles. The average molecular weight is 454 g/mol. The van der Waals surface area contributed by atoms with Gasteiger partial charge in [-0.15, -0.1) is 0 Å². The van der Waals surface area contributed by atoms with Gasteiger partial charge in [-0.25, -0.2) is 0 Å².